The third-order valence-corrected chi connectivity index (χ3v) is 3.86. The van der Waals surface area contributed by atoms with E-state index in [1.807, 2.05) is 0 Å². The van der Waals surface area contributed by atoms with Gasteiger partial charge in [-0.1, -0.05) is 0 Å². The second-order valence-electron chi connectivity index (χ2n) is 4.80. The van der Waals surface area contributed by atoms with Crippen molar-refractivity contribution in [2.45, 2.75) is 19.1 Å². The zero-order chi connectivity index (χ0) is 16.3. The van der Waals surface area contributed by atoms with Crippen LogP contribution in [0.3, 0.4) is 0 Å². The molecule has 2 rings (SSSR count). The summed E-state index contributed by atoms with van der Waals surface area (Å²) in [5.74, 6) is -1.70. The first kappa shape index (κ1) is 16.7. The Morgan fingerprint density at radius 2 is 2.27 bits per heavy atom. The molecule has 0 spiro atoms. The number of rotatable bonds is 4. The number of carbonyl (C=O) groups excluding carboxylic acids is 1. The lowest BCUT2D eigenvalue weighted by atomic mass is 10.2. The number of halogens is 2. The number of carbonyl (C=O) groups is 2. The molecule has 8 heteroatoms. The van der Waals surface area contributed by atoms with Crippen LogP contribution in [0.15, 0.2) is 22.7 Å². The highest BCUT2D eigenvalue weighted by atomic mass is 79.9. The Kier molecular flexibility index (Phi) is 5.36. The molecule has 22 heavy (non-hydrogen) atoms. The number of morpholine rings is 1. The molecule has 0 aliphatic carbocycles. The third-order valence-electron chi connectivity index (χ3n) is 3.24. The Hall–Kier alpha value is -1.67. The lowest BCUT2D eigenvalue weighted by molar-refractivity contribution is -0.161. The van der Waals surface area contributed by atoms with Crippen LogP contribution in [0.5, 0.6) is 5.75 Å². The number of hydrogen-bond acceptors (Lipinski definition) is 4. The van der Waals surface area contributed by atoms with Crippen LogP contribution in [0.25, 0.3) is 0 Å². The van der Waals surface area contributed by atoms with Gasteiger partial charge in [-0.2, -0.15) is 0 Å². The minimum Gasteiger partial charge on any atom is -0.480 e. The van der Waals surface area contributed by atoms with Crippen LogP contribution in [0.2, 0.25) is 0 Å². The van der Waals surface area contributed by atoms with Crippen molar-refractivity contribution >= 4 is 27.8 Å². The maximum Gasteiger partial charge on any atom is 0.328 e. The monoisotopic (exact) mass is 375 g/mol. The smallest absolute Gasteiger partial charge is 0.328 e. The maximum atomic E-state index is 13.0. The molecule has 1 amide bonds. The number of nitrogens with zero attached hydrogens (tertiary/aromatic N) is 1. The first-order valence-electron chi connectivity index (χ1n) is 6.63. The van der Waals surface area contributed by atoms with Gasteiger partial charge in [-0.3, -0.25) is 4.79 Å². The quantitative estimate of drug-likeness (QED) is 0.865. The summed E-state index contributed by atoms with van der Waals surface area (Å²) in [6.45, 7) is 1.94. The van der Waals surface area contributed by atoms with E-state index in [1.54, 1.807) is 0 Å². The topological polar surface area (TPSA) is 76.1 Å². The highest BCUT2D eigenvalue weighted by Crippen LogP contribution is 2.27. The van der Waals surface area contributed by atoms with Gasteiger partial charge in [0.2, 0.25) is 0 Å². The Morgan fingerprint density at radius 1 is 1.55 bits per heavy atom. The van der Waals surface area contributed by atoms with Gasteiger partial charge in [-0.25, -0.2) is 9.18 Å². The molecular weight excluding hydrogens is 361 g/mol. The van der Waals surface area contributed by atoms with E-state index in [4.69, 9.17) is 14.6 Å². The Balaban J connectivity index is 2.09. The fourth-order valence-electron chi connectivity index (χ4n) is 2.12. The third kappa shape index (κ3) is 3.75. The van der Waals surface area contributed by atoms with Gasteiger partial charge in [0, 0.05) is 6.54 Å². The first-order chi connectivity index (χ1) is 10.4. The molecule has 1 heterocycles. The zero-order valence-electron chi connectivity index (χ0n) is 11.8. The molecule has 1 aliphatic heterocycles. The van der Waals surface area contributed by atoms with E-state index in [1.165, 1.54) is 30.0 Å². The van der Waals surface area contributed by atoms with E-state index in [-0.39, 0.29) is 19.8 Å². The van der Waals surface area contributed by atoms with E-state index in [0.717, 1.165) is 0 Å². The predicted octanol–water partition coefficient (Wildman–Crippen LogP) is 1.67. The van der Waals surface area contributed by atoms with Crippen molar-refractivity contribution in [3.05, 3.63) is 28.5 Å². The van der Waals surface area contributed by atoms with Crippen molar-refractivity contribution in [3.63, 3.8) is 0 Å². The van der Waals surface area contributed by atoms with Crippen LogP contribution in [0, 0.1) is 5.82 Å². The highest BCUT2D eigenvalue weighted by molar-refractivity contribution is 9.10. The molecule has 120 valence electrons. The number of carboxylic acids is 1. The molecule has 1 aliphatic rings. The van der Waals surface area contributed by atoms with Gasteiger partial charge in [0.25, 0.3) is 5.91 Å². The van der Waals surface area contributed by atoms with Gasteiger partial charge in [-0.05, 0) is 41.1 Å². The van der Waals surface area contributed by atoms with Crippen molar-refractivity contribution in [2.24, 2.45) is 0 Å². The predicted molar refractivity (Wildman–Crippen MR) is 78.1 cm³/mol. The van der Waals surface area contributed by atoms with E-state index in [9.17, 15) is 14.0 Å². The molecule has 1 aromatic rings. The van der Waals surface area contributed by atoms with E-state index < -0.39 is 29.8 Å². The average Bonchev–Trinajstić information content (AvgIpc) is 2.49. The molecule has 1 N–H and O–H groups in total. The van der Waals surface area contributed by atoms with Crippen LogP contribution in [-0.4, -0.2) is 53.8 Å². The lowest BCUT2D eigenvalue weighted by Crippen LogP contribution is -2.55. The largest absolute Gasteiger partial charge is 0.480 e. The summed E-state index contributed by atoms with van der Waals surface area (Å²) in [5.41, 5.74) is 0. The fraction of sp³-hybridized carbons (Fsp3) is 0.429. The standard InChI is InChI=1S/C14H15BrFNO5/c1-8(22-12-3-2-9(16)6-10(12)15)13(18)17-4-5-21-7-11(17)14(19)20/h2-3,6,8,11H,4-5,7H2,1H3,(H,19,20)/t8-,11-/m1/s1. The normalized spacial score (nSPS) is 19.6. The summed E-state index contributed by atoms with van der Waals surface area (Å²) in [6, 6.07) is 2.81. The second kappa shape index (κ2) is 7.06. The number of ether oxygens (including phenoxy) is 2. The van der Waals surface area contributed by atoms with E-state index in [0.29, 0.717) is 10.2 Å². The SMILES string of the molecule is C[C@@H](Oc1ccc(F)cc1Br)C(=O)N1CCOC[C@@H]1C(=O)O. The maximum absolute atomic E-state index is 13.0. The van der Waals surface area contributed by atoms with Gasteiger partial charge in [0.15, 0.2) is 12.1 Å². The first-order valence-corrected chi connectivity index (χ1v) is 7.42. The minimum atomic E-state index is -1.12. The van der Waals surface area contributed by atoms with E-state index >= 15 is 0 Å². The van der Waals surface area contributed by atoms with Crippen molar-refractivity contribution in [2.75, 3.05) is 19.8 Å². The van der Waals surface area contributed by atoms with Crippen molar-refractivity contribution in [1.29, 1.82) is 0 Å². The number of benzene rings is 1. The second-order valence-corrected chi connectivity index (χ2v) is 5.65. The molecule has 1 aromatic carbocycles. The number of aliphatic carboxylic acids is 1. The number of amides is 1. The van der Waals surface area contributed by atoms with Crippen LogP contribution in [0.1, 0.15) is 6.92 Å². The lowest BCUT2D eigenvalue weighted by Gasteiger charge is -2.34. The van der Waals surface area contributed by atoms with Gasteiger partial charge in [0.05, 0.1) is 17.7 Å². The van der Waals surface area contributed by atoms with Gasteiger partial charge < -0.3 is 19.5 Å². The molecule has 0 saturated carbocycles. The van der Waals surface area contributed by atoms with Crippen molar-refractivity contribution in [3.8, 4) is 5.75 Å². The van der Waals surface area contributed by atoms with Gasteiger partial charge in [0.1, 0.15) is 11.6 Å². The van der Waals surface area contributed by atoms with Crippen LogP contribution < -0.4 is 4.74 Å². The Morgan fingerprint density at radius 3 is 2.91 bits per heavy atom. The average molecular weight is 376 g/mol. The molecule has 0 unspecified atom stereocenters. The molecule has 0 radical (unpaired) electrons. The Bertz CT molecular complexity index is 582. The summed E-state index contributed by atoms with van der Waals surface area (Å²) in [4.78, 5) is 24.8. The Labute approximate surface area is 134 Å². The van der Waals surface area contributed by atoms with Crippen LogP contribution >= 0.6 is 15.9 Å². The molecule has 6 nitrogen and oxygen atoms in total. The number of hydrogen-bond donors (Lipinski definition) is 1. The zero-order valence-corrected chi connectivity index (χ0v) is 13.4. The summed E-state index contributed by atoms with van der Waals surface area (Å²) in [7, 11) is 0. The molecular formula is C14H15BrFNO5. The molecule has 1 saturated heterocycles. The summed E-state index contributed by atoms with van der Waals surface area (Å²) in [5, 5.41) is 9.14. The van der Waals surface area contributed by atoms with Crippen LogP contribution in [-0.2, 0) is 14.3 Å². The molecule has 0 bridgehead atoms. The van der Waals surface area contributed by atoms with Gasteiger partial charge >= 0.3 is 5.97 Å². The summed E-state index contributed by atoms with van der Waals surface area (Å²) < 4.78 is 24.0. The van der Waals surface area contributed by atoms with Crippen molar-refractivity contribution in [1.82, 2.24) is 4.90 Å². The van der Waals surface area contributed by atoms with Crippen molar-refractivity contribution < 1.29 is 28.6 Å². The molecule has 1 fully saturated rings. The van der Waals surface area contributed by atoms with Gasteiger partial charge in [-0.15, -0.1) is 0 Å². The summed E-state index contributed by atoms with van der Waals surface area (Å²) >= 11 is 3.15. The fourth-order valence-corrected chi connectivity index (χ4v) is 2.56. The van der Waals surface area contributed by atoms with Crippen LogP contribution in [0.4, 0.5) is 4.39 Å². The minimum absolute atomic E-state index is 0.0476. The molecule has 0 aromatic heterocycles. The number of carboxylic acid groups (broad SMARTS) is 1. The summed E-state index contributed by atoms with van der Waals surface area (Å²) in [6.07, 6.45) is -0.901. The molecule has 2 atom stereocenters. The van der Waals surface area contributed by atoms with E-state index in [2.05, 4.69) is 15.9 Å². The highest BCUT2D eigenvalue weighted by Gasteiger charge is 2.35.